The molecule has 4 rings (SSSR count). The summed E-state index contributed by atoms with van der Waals surface area (Å²) < 4.78 is 0. The molecule has 2 N–H and O–H groups in total. The van der Waals surface area contributed by atoms with Crippen molar-refractivity contribution in [2.24, 2.45) is 11.1 Å². The van der Waals surface area contributed by atoms with Crippen molar-refractivity contribution in [3.05, 3.63) is 87.3 Å². The van der Waals surface area contributed by atoms with Crippen molar-refractivity contribution >= 4 is 23.1 Å². The van der Waals surface area contributed by atoms with E-state index >= 15 is 0 Å². The number of carbonyl (C=O) groups is 1. The molecule has 0 unspecified atom stereocenters. The molecule has 0 saturated carbocycles. The van der Waals surface area contributed by atoms with Gasteiger partial charge < -0.3 is 5.73 Å². The zero-order valence-corrected chi connectivity index (χ0v) is 18.8. The minimum atomic E-state index is -0.446. The van der Waals surface area contributed by atoms with Crippen LogP contribution in [-0.2, 0) is 11.2 Å². The van der Waals surface area contributed by atoms with E-state index in [0.717, 1.165) is 23.4 Å². The normalized spacial score (nSPS) is 20.5. The Morgan fingerprint density at radius 2 is 1.77 bits per heavy atom. The van der Waals surface area contributed by atoms with Gasteiger partial charge in [0.1, 0.15) is 5.82 Å². The largest absolute Gasteiger partial charge is 0.384 e. The first-order valence-electron chi connectivity index (χ1n) is 10.6. The van der Waals surface area contributed by atoms with E-state index in [1.165, 1.54) is 5.56 Å². The van der Waals surface area contributed by atoms with Crippen molar-refractivity contribution in [1.82, 2.24) is 0 Å². The lowest BCUT2D eigenvalue weighted by atomic mass is 9.68. The molecule has 0 fully saturated rings. The maximum Gasteiger partial charge on any atom is 0.162 e. The SMILES string of the molecule is CCc1ccc([C@H]2C(C#N)=C(N)N(c3ccc(Cl)cc3)C3=C2C(=O)CC(C)(C)C3)cc1. The van der Waals surface area contributed by atoms with Crippen LogP contribution in [0.1, 0.15) is 50.7 Å². The molecule has 0 saturated heterocycles. The van der Waals surface area contributed by atoms with Crippen LogP contribution in [-0.4, -0.2) is 5.78 Å². The van der Waals surface area contributed by atoms with E-state index in [1.54, 1.807) is 12.1 Å². The number of nitrogens with zero attached hydrogens (tertiary/aromatic N) is 2. The van der Waals surface area contributed by atoms with Crippen molar-refractivity contribution < 1.29 is 4.79 Å². The summed E-state index contributed by atoms with van der Waals surface area (Å²) in [5.41, 5.74) is 11.3. The predicted molar refractivity (Wildman–Crippen MR) is 124 cm³/mol. The highest BCUT2D eigenvalue weighted by atomic mass is 35.5. The molecule has 158 valence electrons. The smallest absolute Gasteiger partial charge is 0.162 e. The molecule has 0 aromatic heterocycles. The summed E-state index contributed by atoms with van der Waals surface area (Å²) in [4.78, 5) is 15.3. The Kier molecular flexibility index (Phi) is 5.41. The van der Waals surface area contributed by atoms with Crippen LogP contribution in [0.3, 0.4) is 0 Å². The monoisotopic (exact) mass is 431 g/mol. The van der Waals surface area contributed by atoms with Gasteiger partial charge in [0.15, 0.2) is 5.78 Å². The number of nitrogens with two attached hydrogens (primary N) is 1. The zero-order chi connectivity index (χ0) is 22.3. The van der Waals surface area contributed by atoms with Gasteiger partial charge in [-0.05, 0) is 53.6 Å². The number of Topliss-reactive ketones (excluding diaryl/α,β-unsaturated/α-hetero) is 1. The van der Waals surface area contributed by atoms with Crippen LogP contribution >= 0.6 is 11.6 Å². The first-order chi connectivity index (χ1) is 14.8. The summed E-state index contributed by atoms with van der Waals surface area (Å²) in [6, 6.07) is 17.8. The average molecular weight is 432 g/mol. The van der Waals surface area contributed by atoms with E-state index in [2.05, 4.69) is 39.0 Å². The lowest BCUT2D eigenvalue weighted by Crippen LogP contribution is -2.42. The van der Waals surface area contributed by atoms with E-state index in [4.69, 9.17) is 17.3 Å². The van der Waals surface area contributed by atoms with Crippen LogP contribution in [0.4, 0.5) is 5.69 Å². The Morgan fingerprint density at radius 1 is 1.13 bits per heavy atom. The van der Waals surface area contributed by atoms with Crippen molar-refractivity contribution in [3.8, 4) is 6.07 Å². The van der Waals surface area contributed by atoms with Gasteiger partial charge >= 0.3 is 0 Å². The van der Waals surface area contributed by atoms with Crippen LogP contribution in [0, 0.1) is 16.7 Å². The number of ketones is 1. The van der Waals surface area contributed by atoms with Crippen LogP contribution in [0.2, 0.25) is 5.02 Å². The summed E-state index contributed by atoms with van der Waals surface area (Å²) in [5.74, 6) is 0.00623. The van der Waals surface area contributed by atoms with Crippen LogP contribution in [0.25, 0.3) is 0 Å². The highest BCUT2D eigenvalue weighted by Crippen LogP contribution is 2.50. The number of benzene rings is 2. The third-order valence-electron chi connectivity index (χ3n) is 6.19. The number of hydrogen-bond donors (Lipinski definition) is 1. The van der Waals surface area contributed by atoms with E-state index in [-0.39, 0.29) is 11.2 Å². The second-order valence-corrected chi connectivity index (χ2v) is 9.49. The van der Waals surface area contributed by atoms with Gasteiger partial charge in [0, 0.05) is 28.4 Å². The second-order valence-electron chi connectivity index (χ2n) is 9.05. The molecule has 1 aliphatic carbocycles. The Labute approximate surface area is 188 Å². The van der Waals surface area contributed by atoms with Gasteiger partial charge in [0.25, 0.3) is 0 Å². The third kappa shape index (κ3) is 3.75. The number of halogens is 1. The number of rotatable bonds is 3. The molecule has 2 aromatic rings. The molecule has 0 radical (unpaired) electrons. The minimum Gasteiger partial charge on any atom is -0.384 e. The molecule has 5 heteroatoms. The number of aryl methyl sites for hydroxylation is 1. The molecule has 0 amide bonds. The zero-order valence-electron chi connectivity index (χ0n) is 18.1. The van der Waals surface area contributed by atoms with Gasteiger partial charge in [0.05, 0.1) is 17.6 Å². The first kappa shape index (κ1) is 21.2. The van der Waals surface area contributed by atoms with E-state index in [0.29, 0.717) is 34.8 Å². The molecule has 0 spiro atoms. The standard InChI is InChI=1S/C26H26ClN3O/c1-4-16-5-7-17(8-6-16)23-20(15-28)25(29)30(19-11-9-18(27)10-12-19)21-13-26(2,3)14-22(31)24(21)23/h5-12,23H,4,13-14,29H2,1-3H3/t23-/m0/s1. The molecule has 2 aromatic carbocycles. The summed E-state index contributed by atoms with van der Waals surface area (Å²) in [5, 5.41) is 10.7. The maximum atomic E-state index is 13.5. The summed E-state index contributed by atoms with van der Waals surface area (Å²) in [6.45, 7) is 6.30. The highest BCUT2D eigenvalue weighted by molar-refractivity contribution is 6.30. The highest BCUT2D eigenvalue weighted by Gasteiger charge is 2.44. The van der Waals surface area contributed by atoms with Gasteiger partial charge in [0.2, 0.25) is 0 Å². The molecule has 31 heavy (non-hydrogen) atoms. The Morgan fingerprint density at radius 3 is 2.35 bits per heavy atom. The number of anilines is 1. The van der Waals surface area contributed by atoms with Gasteiger partial charge in [-0.1, -0.05) is 56.6 Å². The Hall–Kier alpha value is -3.03. The van der Waals surface area contributed by atoms with Crippen LogP contribution < -0.4 is 10.6 Å². The van der Waals surface area contributed by atoms with Crippen molar-refractivity contribution in [1.29, 1.82) is 5.26 Å². The maximum absolute atomic E-state index is 13.5. The lowest BCUT2D eigenvalue weighted by molar-refractivity contribution is -0.118. The lowest BCUT2D eigenvalue weighted by Gasteiger charge is -2.43. The summed E-state index contributed by atoms with van der Waals surface area (Å²) >= 11 is 6.10. The molecular formula is C26H26ClN3O. The van der Waals surface area contributed by atoms with Gasteiger partial charge in [-0.15, -0.1) is 0 Å². The van der Waals surface area contributed by atoms with Crippen molar-refractivity contribution in [3.63, 3.8) is 0 Å². The summed E-state index contributed by atoms with van der Waals surface area (Å²) in [7, 11) is 0. The number of nitriles is 1. The molecule has 0 bridgehead atoms. The quantitative estimate of drug-likeness (QED) is 0.662. The Bertz CT molecular complexity index is 1130. The number of allylic oxidation sites excluding steroid dienone is 3. The first-order valence-corrected chi connectivity index (χ1v) is 10.9. The van der Waals surface area contributed by atoms with Crippen molar-refractivity contribution in [2.75, 3.05) is 4.90 Å². The molecule has 1 aliphatic heterocycles. The third-order valence-corrected chi connectivity index (χ3v) is 6.44. The molecular weight excluding hydrogens is 406 g/mol. The fraction of sp³-hybridized carbons (Fsp3) is 0.308. The molecule has 4 nitrogen and oxygen atoms in total. The van der Waals surface area contributed by atoms with E-state index < -0.39 is 5.92 Å². The average Bonchev–Trinajstić information content (AvgIpc) is 2.73. The van der Waals surface area contributed by atoms with Crippen molar-refractivity contribution in [2.45, 2.75) is 46.0 Å². The number of hydrogen-bond acceptors (Lipinski definition) is 4. The Balaban J connectivity index is 1.96. The predicted octanol–water partition coefficient (Wildman–Crippen LogP) is 5.84. The minimum absolute atomic E-state index is 0.0787. The van der Waals surface area contributed by atoms with E-state index in [1.807, 2.05) is 29.2 Å². The van der Waals surface area contributed by atoms with Crippen LogP contribution in [0.15, 0.2) is 71.2 Å². The fourth-order valence-electron chi connectivity index (χ4n) is 4.67. The second kappa shape index (κ2) is 7.90. The fourth-order valence-corrected chi connectivity index (χ4v) is 4.80. The molecule has 1 heterocycles. The molecule has 1 atom stereocenters. The van der Waals surface area contributed by atoms with Gasteiger partial charge in [-0.3, -0.25) is 9.69 Å². The van der Waals surface area contributed by atoms with Gasteiger partial charge in [-0.2, -0.15) is 5.26 Å². The topological polar surface area (TPSA) is 70.1 Å². The van der Waals surface area contributed by atoms with E-state index in [9.17, 15) is 10.1 Å². The number of carbonyl (C=O) groups excluding carboxylic acids is 1. The summed E-state index contributed by atoms with van der Waals surface area (Å²) in [6.07, 6.45) is 2.07. The molecule has 2 aliphatic rings. The van der Waals surface area contributed by atoms with Gasteiger partial charge in [-0.25, -0.2) is 0 Å². The van der Waals surface area contributed by atoms with Crippen LogP contribution in [0.5, 0.6) is 0 Å².